The molecule has 0 unspecified atom stereocenters. The van der Waals surface area contributed by atoms with E-state index in [4.69, 9.17) is 0 Å². The maximum absolute atomic E-state index is 12.6. The number of sulfonamides is 1. The van der Waals surface area contributed by atoms with Gasteiger partial charge >= 0.3 is 0 Å². The molecule has 0 heterocycles. The van der Waals surface area contributed by atoms with Crippen molar-refractivity contribution >= 4 is 27.3 Å². The normalized spacial score (nSPS) is 10.9. The minimum atomic E-state index is -3.91. The van der Waals surface area contributed by atoms with Crippen molar-refractivity contribution in [3.05, 3.63) is 106 Å². The first-order valence-corrected chi connectivity index (χ1v) is 10.6. The number of nitrogens with one attached hydrogen (secondary N) is 2. The third kappa shape index (κ3) is 5.65. The van der Waals surface area contributed by atoms with E-state index in [-0.39, 0.29) is 22.5 Å². The Morgan fingerprint density at radius 2 is 1.57 bits per heavy atom. The van der Waals surface area contributed by atoms with Crippen LogP contribution in [0.2, 0.25) is 0 Å². The Morgan fingerprint density at radius 1 is 0.900 bits per heavy atom. The highest BCUT2D eigenvalue weighted by atomic mass is 32.2. The van der Waals surface area contributed by atoms with Gasteiger partial charge in [-0.15, -0.1) is 0 Å². The van der Waals surface area contributed by atoms with Crippen molar-refractivity contribution in [2.24, 2.45) is 0 Å². The van der Waals surface area contributed by atoms with Crippen molar-refractivity contribution in [1.29, 1.82) is 0 Å². The molecule has 3 aromatic rings. The van der Waals surface area contributed by atoms with Gasteiger partial charge in [0.25, 0.3) is 11.6 Å². The van der Waals surface area contributed by atoms with Crippen molar-refractivity contribution in [2.75, 3.05) is 4.72 Å². The summed E-state index contributed by atoms with van der Waals surface area (Å²) in [4.78, 5) is 22.9. The molecule has 0 aliphatic rings. The summed E-state index contributed by atoms with van der Waals surface area (Å²) < 4.78 is 27.6. The van der Waals surface area contributed by atoms with Crippen LogP contribution < -0.4 is 10.0 Å². The molecule has 8 nitrogen and oxygen atoms in total. The zero-order chi connectivity index (χ0) is 21.6. The molecule has 0 saturated carbocycles. The Morgan fingerprint density at radius 3 is 2.30 bits per heavy atom. The predicted octanol–water partition coefficient (Wildman–Crippen LogP) is 3.47. The second kappa shape index (κ2) is 9.19. The highest BCUT2D eigenvalue weighted by Gasteiger charge is 2.18. The number of rotatable bonds is 8. The van der Waals surface area contributed by atoms with Crippen molar-refractivity contribution in [3.8, 4) is 0 Å². The minimum Gasteiger partial charge on any atom is -0.348 e. The van der Waals surface area contributed by atoms with Crippen LogP contribution in [0.1, 0.15) is 21.5 Å². The van der Waals surface area contributed by atoms with Crippen LogP contribution in [0, 0.1) is 10.1 Å². The number of carbonyl (C=O) groups is 1. The van der Waals surface area contributed by atoms with E-state index in [1.165, 1.54) is 36.4 Å². The summed E-state index contributed by atoms with van der Waals surface area (Å²) in [5.74, 6) is -0.887. The first-order valence-electron chi connectivity index (χ1n) is 8.99. The van der Waals surface area contributed by atoms with Crippen molar-refractivity contribution in [1.82, 2.24) is 5.32 Å². The standard InChI is InChI=1S/C21H19N3O5S/c25-21(22-14-16-7-2-1-3-8-16)19-11-4-5-12-20(19)23-30(28,29)15-17-9-6-10-18(13-17)24(26)27/h1-13,23H,14-15H2,(H,22,25). The van der Waals surface area contributed by atoms with E-state index in [0.717, 1.165) is 5.56 Å². The van der Waals surface area contributed by atoms with E-state index in [9.17, 15) is 23.3 Å². The van der Waals surface area contributed by atoms with Gasteiger partial charge in [0, 0.05) is 18.7 Å². The van der Waals surface area contributed by atoms with Crippen molar-refractivity contribution in [2.45, 2.75) is 12.3 Å². The van der Waals surface area contributed by atoms with E-state index in [2.05, 4.69) is 10.0 Å². The maximum atomic E-state index is 12.6. The summed E-state index contributed by atoms with van der Waals surface area (Å²) >= 11 is 0. The monoisotopic (exact) mass is 425 g/mol. The average molecular weight is 425 g/mol. The van der Waals surface area contributed by atoms with Crippen molar-refractivity contribution < 1.29 is 18.1 Å². The number of non-ortho nitro benzene ring substituents is 1. The molecule has 2 N–H and O–H groups in total. The summed E-state index contributed by atoms with van der Waals surface area (Å²) in [7, 11) is -3.91. The van der Waals surface area contributed by atoms with Crippen molar-refractivity contribution in [3.63, 3.8) is 0 Å². The zero-order valence-corrected chi connectivity index (χ0v) is 16.6. The lowest BCUT2D eigenvalue weighted by atomic mass is 10.1. The van der Waals surface area contributed by atoms with Crippen LogP contribution in [0.25, 0.3) is 0 Å². The van der Waals surface area contributed by atoms with E-state index < -0.39 is 26.6 Å². The number of carbonyl (C=O) groups excluding carboxylic acids is 1. The lowest BCUT2D eigenvalue weighted by molar-refractivity contribution is -0.384. The van der Waals surface area contributed by atoms with Crippen LogP contribution in [-0.4, -0.2) is 19.2 Å². The Labute approximate surface area is 173 Å². The largest absolute Gasteiger partial charge is 0.348 e. The number of anilines is 1. The van der Waals surface area contributed by atoms with E-state index in [0.29, 0.717) is 6.54 Å². The average Bonchev–Trinajstić information content (AvgIpc) is 2.72. The second-order valence-electron chi connectivity index (χ2n) is 6.50. The number of hydrogen-bond acceptors (Lipinski definition) is 5. The van der Waals surface area contributed by atoms with E-state index in [1.807, 2.05) is 30.3 Å². The maximum Gasteiger partial charge on any atom is 0.269 e. The quantitative estimate of drug-likeness (QED) is 0.423. The van der Waals surface area contributed by atoms with Gasteiger partial charge in [0.15, 0.2) is 0 Å². The molecule has 0 fully saturated rings. The van der Waals surface area contributed by atoms with Crippen LogP contribution in [0.5, 0.6) is 0 Å². The summed E-state index contributed by atoms with van der Waals surface area (Å²) in [6.07, 6.45) is 0. The molecule has 3 aromatic carbocycles. The number of amides is 1. The number of nitro benzene ring substituents is 1. The molecule has 3 rings (SSSR count). The van der Waals surface area contributed by atoms with Crippen LogP contribution >= 0.6 is 0 Å². The van der Waals surface area contributed by atoms with Gasteiger partial charge in [0.1, 0.15) is 0 Å². The predicted molar refractivity (Wildman–Crippen MR) is 113 cm³/mol. The number of hydrogen-bond donors (Lipinski definition) is 2. The molecule has 0 aliphatic heterocycles. The Balaban J connectivity index is 1.74. The number of benzene rings is 3. The Kier molecular flexibility index (Phi) is 6.43. The second-order valence-corrected chi connectivity index (χ2v) is 8.22. The lowest BCUT2D eigenvalue weighted by Gasteiger charge is -2.13. The zero-order valence-electron chi connectivity index (χ0n) is 15.8. The third-order valence-electron chi connectivity index (χ3n) is 4.21. The van der Waals surface area contributed by atoms with Gasteiger partial charge in [-0.05, 0) is 23.3 Å². The molecule has 30 heavy (non-hydrogen) atoms. The van der Waals surface area contributed by atoms with Gasteiger partial charge in [-0.3, -0.25) is 19.6 Å². The summed E-state index contributed by atoms with van der Waals surface area (Å²) in [6.45, 7) is 0.300. The topological polar surface area (TPSA) is 118 Å². The van der Waals surface area contributed by atoms with Crippen LogP contribution in [-0.2, 0) is 22.3 Å². The lowest BCUT2D eigenvalue weighted by Crippen LogP contribution is -2.25. The number of para-hydroxylation sites is 1. The van der Waals surface area contributed by atoms with Gasteiger partial charge in [0.05, 0.1) is 21.9 Å². The Bertz CT molecular complexity index is 1160. The highest BCUT2D eigenvalue weighted by Crippen LogP contribution is 2.20. The van der Waals surface area contributed by atoms with Gasteiger partial charge in [0.2, 0.25) is 10.0 Å². The summed E-state index contributed by atoms with van der Waals surface area (Å²) in [5.41, 5.74) is 1.30. The highest BCUT2D eigenvalue weighted by molar-refractivity contribution is 7.91. The third-order valence-corrected chi connectivity index (χ3v) is 5.46. The van der Waals surface area contributed by atoms with Crippen LogP contribution in [0.4, 0.5) is 11.4 Å². The number of nitrogens with zero attached hydrogens (tertiary/aromatic N) is 1. The van der Waals surface area contributed by atoms with Crippen LogP contribution in [0.3, 0.4) is 0 Å². The molecule has 0 aromatic heterocycles. The fraction of sp³-hybridized carbons (Fsp3) is 0.0952. The first kappa shape index (κ1) is 21.0. The fourth-order valence-electron chi connectivity index (χ4n) is 2.83. The molecule has 0 spiro atoms. The minimum absolute atomic E-state index is 0.133. The molecule has 0 atom stereocenters. The summed E-state index contributed by atoms with van der Waals surface area (Å²) in [6, 6.07) is 21.0. The van der Waals surface area contributed by atoms with E-state index in [1.54, 1.807) is 12.1 Å². The van der Waals surface area contributed by atoms with Gasteiger partial charge in [-0.2, -0.15) is 0 Å². The molecular formula is C21H19N3O5S. The van der Waals surface area contributed by atoms with E-state index >= 15 is 0 Å². The molecule has 9 heteroatoms. The molecular weight excluding hydrogens is 406 g/mol. The smallest absolute Gasteiger partial charge is 0.269 e. The Hall–Kier alpha value is -3.72. The molecule has 0 radical (unpaired) electrons. The fourth-order valence-corrected chi connectivity index (χ4v) is 4.03. The molecule has 0 aliphatic carbocycles. The number of nitro groups is 1. The molecule has 1 amide bonds. The van der Waals surface area contributed by atoms with Crippen LogP contribution in [0.15, 0.2) is 78.9 Å². The molecule has 0 bridgehead atoms. The SMILES string of the molecule is O=C(NCc1ccccc1)c1ccccc1NS(=O)(=O)Cc1cccc([N+](=O)[O-])c1. The van der Waals surface area contributed by atoms with Gasteiger partial charge in [-0.25, -0.2) is 8.42 Å². The summed E-state index contributed by atoms with van der Waals surface area (Å²) in [5, 5.41) is 13.7. The van der Waals surface area contributed by atoms with Gasteiger partial charge in [-0.1, -0.05) is 54.6 Å². The first-order chi connectivity index (χ1) is 14.3. The molecule has 0 saturated heterocycles. The van der Waals surface area contributed by atoms with Gasteiger partial charge < -0.3 is 5.32 Å². The molecule has 154 valence electrons.